The molecule has 1 atom stereocenters. The van der Waals surface area contributed by atoms with Crippen molar-refractivity contribution in [1.29, 1.82) is 0 Å². The van der Waals surface area contributed by atoms with Gasteiger partial charge in [0.05, 0.1) is 6.54 Å². The van der Waals surface area contributed by atoms with Gasteiger partial charge < -0.3 is 15.0 Å². The summed E-state index contributed by atoms with van der Waals surface area (Å²) in [4.78, 5) is 14.5. The first-order chi connectivity index (χ1) is 12.2. The number of urea groups is 1. The smallest absolute Gasteiger partial charge is 0.318 e. The van der Waals surface area contributed by atoms with Crippen LogP contribution < -0.4 is 10.1 Å². The number of para-hydroxylation sites is 1. The Kier molecular flexibility index (Phi) is 4.30. The summed E-state index contributed by atoms with van der Waals surface area (Å²) < 4.78 is 18.9. The Labute approximate surface area is 146 Å². The van der Waals surface area contributed by atoms with Crippen LogP contribution in [0.25, 0.3) is 0 Å². The number of rotatable bonds is 5. The van der Waals surface area contributed by atoms with Crippen LogP contribution in [0.4, 0.5) is 9.18 Å². The molecule has 0 aromatic heterocycles. The highest BCUT2D eigenvalue weighted by Gasteiger charge is 2.33. The summed E-state index contributed by atoms with van der Waals surface area (Å²) >= 11 is 0. The topological polar surface area (TPSA) is 41.6 Å². The van der Waals surface area contributed by atoms with Crippen molar-refractivity contribution in [1.82, 2.24) is 10.2 Å². The van der Waals surface area contributed by atoms with Crippen LogP contribution in [0.2, 0.25) is 0 Å². The molecule has 25 heavy (non-hydrogen) atoms. The lowest BCUT2D eigenvalue weighted by atomic mass is 10.1. The minimum atomic E-state index is -0.260. The molecule has 1 saturated carbocycles. The molecule has 0 radical (unpaired) electrons. The molecule has 1 N–H and O–H groups in total. The third-order valence-electron chi connectivity index (χ3n) is 4.71. The van der Waals surface area contributed by atoms with Gasteiger partial charge in [-0.15, -0.1) is 0 Å². The van der Waals surface area contributed by atoms with Gasteiger partial charge >= 0.3 is 6.03 Å². The number of amides is 2. The summed E-state index contributed by atoms with van der Waals surface area (Å²) in [5.41, 5.74) is 2.13. The molecule has 1 aliphatic carbocycles. The lowest BCUT2D eigenvalue weighted by Gasteiger charge is -2.24. The molecule has 1 aliphatic heterocycles. The van der Waals surface area contributed by atoms with Gasteiger partial charge in [0.2, 0.25) is 0 Å². The van der Waals surface area contributed by atoms with Crippen LogP contribution in [0.15, 0.2) is 48.5 Å². The second-order valence-electron chi connectivity index (χ2n) is 6.72. The molecule has 130 valence electrons. The molecule has 4 rings (SSSR count). The maximum absolute atomic E-state index is 13.1. The lowest BCUT2D eigenvalue weighted by molar-refractivity contribution is 0.180. The minimum Gasteiger partial charge on any atom is -0.488 e. The number of carbonyl (C=O) groups is 1. The van der Waals surface area contributed by atoms with Crippen LogP contribution in [0, 0.1) is 5.82 Å². The Morgan fingerprint density at radius 1 is 1.16 bits per heavy atom. The average Bonchev–Trinajstić information content (AvgIpc) is 3.37. The summed E-state index contributed by atoms with van der Waals surface area (Å²) in [6.07, 6.45) is 2.85. The molecular weight excluding hydrogens is 319 g/mol. The van der Waals surface area contributed by atoms with Gasteiger partial charge in [-0.25, -0.2) is 9.18 Å². The zero-order valence-electron chi connectivity index (χ0n) is 14.0. The van der Waals surface area contributed by atoms with Gasteiger partial charge in [0.15, 0.2) is 0 Å². The van der Waals surface area contributed by atoms with Crippen molar-refractivity contribution < 1.29 is 13.9 Å². The maximum Gasteiger partial charge on any atom is 0.318 e. The highest BCUT2D eigenvalue weighted by molar-refractivity contribution is 5.75. The number of halogens is 1. The van der Waals surface area contributed by atoms with Gasteiger partial charge in [-0.05, 0) is 42.2 Å². The standard InChI is InChI=1S/C20H21FN2O2/c21-16-7-5-14(6-8-16)13-23(17-9-10-17)20(24)22-12-18-11-15-3-1-2-4-19(15)25-18/h1-8,17-18H,9-13H2,(H,22,24). The number of ether oxygens (including phenoxy) is 1. The molecule has 2 aromatic rings. The maximum atomic E-state index is 13.1. The number of fused-ring (bicyclic) bond motifs is 1. The number of hydrogen-bond donors (Lipinski definition) is 1. The molecule has 0 bridgehead atoms. The first-order valence-electron chi connectivity index (χ1n) is 8.72. The third-order valence-corrected chi connectivity index (χ3v) is 4.71. The van der Waals surface area contributed by atoms with E-state index in [4.69, 9.17) is 4.74 Å². The summed E-state index contributed by atoms with van der Waals surface area (Å²) in [5.74, 6) is 0.649. The Bertz CT molecular complexity index is 734. The van der Waals surface area contributed by atoms with Crippen molar-refractivity contribution >= 4 is 6.03 Å². The average molecular weight is 340 g/mol. The number of nitrogens with one attached hydrogen (secondary N) is 1. The van der Waals surface area contributed by atoms with E-state index in [9.17, 15) is 9.18 Å². The molecule has 1 fully saturated rings. The molecule has 1 unspecified atom stereocenters. The van der Waals surface area contributed by atoms with E-state index in [-0.39, 0.29) is 24.0 Å². The highest BCUT2D eigenvalue weighted by Crippen LogP contribution is 2.29. The first kappa shape index (κ1) is 15.9. The van der Waals surface area contributed by atoms with E-state index in [1.807, 2.05) is 23.1 Å². The predicted molar refractivity (Wildman–Crippen MR) is 92.9 cm³/mol. The molecule has 5 heteroatoms. The van der Waals surface area contributed by atoms with E-state index >= 15 is 0 Å². The van der Waals surface area contributed by atoms with Gasteiger partial charge in [0.1, 0.15) is 17.7 Å². The Morgan fingerprint density at radius 3 is 2.64 bits per heavy atom. The molecule has 0 saturated heterocycles. The molecule has 2 amide bonds. The Hall–Kier alpha value is -2.56. The fourth-order valence-electron chi connectivity index (χ4n) is 3.21. The fraction of sp³-hybridized carbons (Fsp3) is 0.350. The quantitative estimate of drug-likeness (QED) is 0.905. The molecule has 1 heterocycles. The number of benzene rings is 2. The van der Waals surface area contributed by atoms with E-state index in [0.29, 0.717) is 13.1 Å². The van der Waals surface area contributed by atoms with E-state index in [1.54, 1.807) is 12.1 Å². The van der Waals surface area contributed by atoms with Crippen molar-refractivity contribution in [3.8, 4) is 5.75 Å². The Morgan fingerprint density at radius 2 is 1.92 bits per heavy atom. The van der Waals surface area contributed by atoms with Crippen molar-refractivity contribution in [2.24, 2.45) is 0 Å². The van der Waals surface area contributed by atoms with Crippen LogP contribution in [0.5, 0.6) is 5.75 Å². The van der Waals surface area contributed by atoms with Crippen molar-refractivity contribution in [2.45, 2.75) is 38.0 Å². The van der Waals surface area contributed by atoms with Crippen molar-refractivity contribution in [3.63, 3.8) is 0 Å². The van der Waals surface area contributed by atoms with Crippen LogP contribution in [-0.2, 0) is 13.0 Å². The van der Waals surface area contributed by atoms with E-state index in [0.717, 1.165) is 30.6 Å². The predicted octanol–water partition coefficient (Wildman–Crippen LogP) is 3.50. The summed E-state index contributed by atoms with van der Waals surface area (Å²) in [7, 11) is 0. The van der Waals surface area contributed by atoms with Gasteiger partial charge in [0.25, 0.3) is 0 Å². The van der Waals surface area contributed by atoms with E-state index < -0.39 is 0 Å². The van der Waals surface area contributed by atoms with Gasteiger partial charge in [-0.1, -0.05) is 30.3 Å². The summed E-state index contributed by atoms with van der Waals surface area (Å²) in [6.45, 7) is 0.989. The largest absolute Gasteiger partial charge is 0.488 e. The molecular formula is C20H21FN2O2. The van der Waals surface area contributed by atoms with E-state index in [1.165, 1.54) is 17.7 Å². The zero-order chi connectivity index (χ0) is 17.2. The third kappa shape index (κ3) is 3.76. The van der Waals surface area contributed by atoms with E-state index in [2.05, 4.69) is 11.4 Å². The molecule has 2 aromatic carbocycles. The second kappa shape index (κ2) is 6.75. The minimum absolute atomic E-state index is 0.0202. The zero-order valence-corrected chi connectivity index (χ0v) is 14.0. The Balaban J connectivity index is 1.33. The van der Waals surface area contributed by atoms with Gasteiger partial charge in [-0.3, -0.25) is 0 Å². The highest BCUT2D eigenvalue weighted by atomic mass is 19.1. The van der Waals surface area contributed by atoms with Gasteiger partial charge in [0, 0.05) is 19.0 Å². The van der Waals surface area contributed by atoms with Crippen LogP contribution in [0.1, 0.15) is 24.0 Å². The number of nitrogens with zero attached hydrogens (tertiary/aromatic N) is 1. The van der Waals surface area contributed by atoms with Crippen LogP contribution in [0.3, 0.4) is 0 Å². The van der Waals surface area contributed by atoms with Crippen LogP contribution >= 0.6 is 0 Å². The van der Waals surface area contributed by atoms with Gasteiger partial charge in [-0.2, -0.15) is 0 Å². The van der Waals surface area contributed by atoms with Crippen molar-refractivity contribution in [3.05, 3.63) is 65.5 Å². The summed E-state index contributed by atoms with van der Waals surface area (Å²) in [5, 5.41) is 3.00. The normalized spacial score (nSPS) is 18.4. The fourth-order valence-corrected chi connectivity index (χ4v) is 3.21. The SMILES string of the molecule is O=C(NCC1Cc2ccccc2O1)N(Cc1ccc(F)cc1)C1CC1. The molecule has 2 aliphatic rings. The van der Waals surface area contributed by atoms with Crippen molar-refractivity contribution in [2.75, 3.05) is 6.54 Å². The molecule has 0 spiro atoms. The second-order valence-corrected chi connectivity index (χ2v) is 6.72. The number of carbonyl (C=O) groups excluding carboxylic acids is 1. The monoisotopic (exact) mass is 340 g/mol. The lowest BCUT2D eigenvalue weighted by Crippen LogP contribution is -2.44. The number of hydrogen-bond acceptors (Lipinski definition) is 2. The van der Waals surface area contributed by atoms with Crippen LogP contribution in [-0.4, -0.2) is 29.6 Å². The molecule has 4 nitrogen and oxygen atoms in total. The first-order valence-corrected chi connectivity index (χ1v) is 8.72. The summed E-state index contributed by atoms with van der Waals surface area (Å²) in [6, 6.07) is 14.5.